The Morgan fingerprint density at radius 3 is 2.53 bits per heavy atom. The van der Waals surface area contributed by atoms with E-state index in [2.05, 4.69) is 24.6 Å². The van der Waals surface area contributed by atoms with Crippen molar-refractivity contribution in [2.24, 2.45) is 0 Å². The second-order valence-electron chi connectivity index (χ2n) is 8.72. The van der Waals surface area contributed by atoms with Gasteiger partial charge in [-0.25, -0.2) is 9.80 Å². The molecule has 2 aliphatic heterocycles. The standard InChI is InChI=1S/C26H24ClN3O2/c1-26(2)15-19-14-21(12-13-23(19)32-26)28-25(31)30-16-22(17-8-10-20(27)11-9-17)24(29-30)18-6-4-3-5-7-18/h3-14,29H,15-16H2,1-2H3,(H,28,31). The highest BCUT2D eigenvalue weighted by Gasteiger charge is 2.31. The molecule has 5 rings (SSSR count). The monoisotopic (exact) mass is 445 g/mol. The van der Waals surface area contributed by atoms with Crippen LogP contribution in [0, 0.1) is 0 Å². The molecule has 0 spiro atoms. The second-order valence-corrected chi connectivity index (χ2v) is 9.15. The maximum Gasteiger partial charge on any atom is 0.340 e. The first-order chi connectivity index (χ1) is 15.4. The minimum atomic E-state index is -0.222. The van der Waals surface area contributed by atoms with E-state index in [1.807, 2.05) is 72.8 Å². The van der Waals surface area contributed by atoms with E-state index in [4.69, 9.17) is 16.3 Å². The number of carbonyl (C=O) groups is 1. The van der Waals surface area contributed by atoms with Gasteiger partial charge in [0.2, 0.25) is 0 Å². The number of fused-ring (bicyclic) bond motifs is 1. The Morgan fingerprint density at radius 1 is 1.03 bits per heavy atom. The van der Waals surface area contributed by atoms with Crippen molar-refractivity contribution in [3.05, 3.63) is 94.5 Å². The third-order valence-corrected chi connectivity index (χ3v) is 5.93. The molecule has 0 unspecified atom stereocenters. The molecule has 2 aliphatic rings. The Balaban J connectivity index is 1.38. The van der Waals surface area contributed by atoms with E-state index in [9.17, 15) is 4.79 Å². The summed E-state index contributed by atoms with van der Waals surface area (Å²) in [5, 5.41) is 5.29. The van der Waals surface area contributed by atoms with Crippen molar-refractivity contribution in [3.8, 4) is 5.75 Å². The predicted molar refractivity (Wildman–Crippen MR) is 128 cm³/mol. The summed E-state index contributed by atoms with van der Waals surface area (Å²) in [5.41, 5.74) is 8.92. The largest absolute Gasteiger partial charge is 0.487 e. The smallest absolute Gasteiger partial charge is 0.340 e. The van der Waals surface area contributed by atoms with Gasteiger partial charge in [-0.2, -0.15) is 0 Å². The lowest BCUT2D eigenvalue weighted by atomic mass is 10.0. The molecule has 0 saturated heterocycles. The molecule has 2 amide bonds. The van der Waals surface area contributed by atoms with E-state index in [1.165, 1.54) is 0 Å². The Morgan fingerprint density at radius 2 is 1.78 bits per heavy atom. The zero-order chi connectivity index (χ0) is 22.3. The Bertz CT molecular complexity index is 1200. The van der Waals surface area contributed by atoms with E-state index in [-0.39, 0.29) is 11.6 Å². The van der Waals surface area contributed by atoms with E-state index in [0.29, 0.717) is 11.6 Å². The Kier molecular flexibility index (Phi) is 5.06. The molecule has 0 radical (unpaired) electrons. The Labute approximate surface area is 192 Å². The average molecular weight is 446 g/mol. The van der Waals surface area contributed by atoms with Gasteiger partial charge in [0.05, 0.1) is 12.2 Å². The predicted octanol–water partition coefficient (Wildman–Crippen LogP) is 5.97. The van der Waals surface area contributed by atoms with Crippen molar-refractivity contribution in [3.63, 3.8) is 0 Å². The zero-order valence-electron chi connectivity index (χ0n) is 18.0. The van der Waals surface area contributed by atoms with Gasteiger partial charge in [0.15, 0.2) is 0 Å². The summed E-state index contributed by atoms with van der Waals surface area (Å²) in [6.07, 6.45) is 0.814. The van der Waals surface area contributed by atoms with Crippen LogP contribution < -0.4 is 15.5 Å². The van der Waals surface area contributed by atoms with E-state index >= 15 is 0 Å². The quantitative estimate of drug-likeness (QED) is 0.521. The molecule has 3 aromatic carbocycles. The highest BCUT2D eigenvalue weighted by Crippen LogP contribution is 2.36. The summed E-state index contributed by atoms with van der Waals surface area (Å²) in [5.74, 6) is 0.880. The van der Waals surface area contributed by atoms with Gasteiger partial charge in [0.1, 0.15) is 11.4 Å². The summed E-state index contributed by atoms with van der Waals surface area (Å²) in [7, 11) is 0. The van der Waals surface area contributed by atoms with Crippen LogP contribution in [0.2, 0.25) is 5.02 Å². The van der Waals surface area contributed by atoms with Crippen molar-refractivity contribution < 1.29 is 9.53 Å². The number of anilines is 1. The number of nitrogens with one attached hydrogen (secondary N) is 2. The number of hydrogen-bond acceptors (Lipinski definition) is 3. The lowest BCUT2D eigenvalue weighted by Gasteiger charge is -2.19. The zero-order valence-corrected chi connectivity index (χ0v) is 18.7. The topological polar surface area (TPSA) is 53.6 Å². The van der Waals surface area contributed by atoms with Gasteiger partial charge in [-0.1, -0.05) is 54.1 Å². The number of amides is 2. The first kappa shape index (κ1) is 20.5. The SMILES string of the molecule is CC1(C)Cc2cc(NC(=O)N3CC(c4ccc(Cl)cc4)=C(c4ccccc4)N3)ccc2O1. The average Bonchev–Trinajstić information content (AvgIpc) is 3.35. The molecule has 162 valence electrons. The van der Waals surface area contributed by atoms with Gasteiger partial charge in [0, 0.05) is 28.3 Å². The molecule has 5 nitrogen and oxygen atoms in total. The fraction of sp³-hybridized carbons (Fsp3) is 0.192. The van der Waals surface area contributed by atoms with Gasteiger partial charge in [-0.05, 0) is 55.3 Å². The second kappa shape index (κ2) is 7.92. The van der Waals surface area contributed by atoms with Crippen molar-refractivity contribution >= 4 is 34.6 Å². The van der Waals surface area contributed by atoms with Crippen LogP contribution in [-0.2, 0) is 6.42 Å². The van der Waals surface area contributed by atoms with Gasteiger partial charge in [-0.3, -0.25) is 5.43 Å². The number of ether oxygens (including phenoxy) is 1. The third-order valence-electron chi connectivity index (χ3n) is 5.68. The van der Waals surface area contributed by atoms with E-state index in [1.54, 1.807) is 5.01 Å². The lowest BCUT2D eigenvalue weighted by Crippen LogP contribution is -2.40. The number of benzene rings is 3. The number of halogens is 1. The summed E-state index contributed by atoms with van der Waals surface area (Å²) in [6, 6.07) is 23.3. The van der Waals surface area contributed by atoms with Gasteiger partial charge < -0.3 is 10.1 Å². The first-order valence-corrected chi connectivity index (χ1v) is 11.0. The van der Waals surface area contributed by atoms with Crippen LogP contribution >= 0.6 is 11.6 Å². The lowest BCUT2D eigenvalue weighted by molar-refractivity contribution is 0.138. The number of hydrogen-bond donors (Lipinski definition) is 2. The van der Waals surface area contributed by atoms with Crippen LogP contribution in [0.1, 0.15) is 30.5 Å². The van der Waals surface area contributed by atoms with Crippen molar-refractivity contribution in [2.75, 3.05) is 11.9 Å². The van der Waals surface area contributed by atoms with Gasteiger partial charge in [0.25, 0.3) is 0 Å². The van der Waals surface area contributed by atoms with Gasteiger partial charge >= 0.3 is 6.03 Å². The van der Waals surface area contributed by atoms with Crippen molar-refractivity contribution in [2.45, 2.75) is 25.9 Å². The van der Waals surface area contributed by atoms with Crippen LogP contribution in [0.3, 0.4) is 0 Å². The van der Waals surface area contributed by atoms with Crippen molar-refractivity contribution in [1.29, 1.82) is 0 Å². The Hall–Kier alpha value is -3.44. The number of hydrazine groups is 1. The maximum atomic E-state index is 13.1. The summed E-state index contributed by atoms with van der Waals surface area (Å²) >= 11 is 6.08. The fourth-order valence-corrected chi connectivity index (χ4v) is 4.34. The molecule has 0 bridgehead atoms. The van der Waals surface area contributed by atoms with Crippen LogP contribution in [-0.4, -0.2) is 23.2 Å². The molecule has 32 heavy (non-hydrogen) atoms. The number of nitrogens with zero attached hydrogens (tertiary/aromatic N) is 1. The highest BCUT2D eigenvalue weighted by atomic mass is 35.5. The minimum Gasteiger partial charge on any atom is -0.487 e. The maximum absolute atomic E-state index is 13.1. The van der Waals surface area contributed by atoms with Crippen LogP contribution in [0.5, 0.6) is 5.75 Å². The molecule has 2 heterocycles. The molecular weight excluding hydrogens is 422 g/mol. The van der Waals surface area contributed by atoms with Crippen LogP contribution in [0.15, 0.2) is 72.8 Å². The van der Waals surface area contributed by atoms with Crippen molar-refractivity contribution in [1.82, 2.24) is 10.4 Å². The summed E-state index contributed by atoms with van der Waals surface area (Å²) in [4.78, 5) is 13.1. The van der Waals surface area contributed by atoms with E-state index < -0.39 is 0 Å². The first-order valence-electron chi connectivity index (χ1n) is 10.6. The normalized spacial score (nSPS) is 16.4. The molecule has 6 heteroatoms. The number of urea groups is 1. The molecule has 0 aliphatic carbocycles. The molecule has 3 aromatic rings. The molecule has 0 aromatic heterocycles. The van der Waals surface area contributed by atoms with Crippen LogP contribution in [0.4, 0.5) is 10.5 Å². The summed E-state index contributed by atoms with van der Waals surface area (Å²) in [6.45, 7) is 4.56. The fourth-order valence-electron chi connectivity index (χ4n) is 4.21. The molecule has 0 fully saturated rings. The summed E-state index contributed by atoms with van der Waals surface area (Å²) < 4.78 is 5.94. The minimum absolute atomic E-state index is 0.219. The molecule has 2 N–H and O–H groups in total. The molecular formula is C26H24ClN3O2. The third kappa shape index (κ3) is 4.04. The van der Waals surface area contributed by atoms with Gasteiger partial charge in [-0.15, -0.1) is 0 Å². The number of carbonyl (C=O) groups excluding carboxylic acids is 1. The molecule has 0 atom stereocenters. The highest BCUT2D eigenvalue weighted by molar-refractivity contribution is 6.30. The number of rotatable bonds is 3. The van der Waals surface area contributed by atoms with Crippen LogP contribution in [0.25, 0.3) is 11.3 Å². The van der Waals surface area contributed by atoms with E-state index in [0.717, 1.165) is 45.8 Å². The molecule has 0 saturated carbocycles.